The molecular weight excluding hydrogens is 206 g/mol. The SMILES string of the molecule is C=C.CC(C)(C)c1cccc(N)c1C(C)(C)C. The lowest BCUT2D eigenvalue weighted by Gasteiger charge is -2.31. The Morgan fingerprint density at radius 1 is 0.882 bits per heavy atom. The molecule has 0 atom stereocenters. The Bertz CT molecular complexity index is 364. The first-order valence-electron chi connectivity index (χ1n) is 6.03. The van der Waals surface area contributed by atoms with E-state index in [4.69, 9.17) is 5.73 Å². The lowest BCUT2D eigenvalue weighted by molar-refractivity contribution is 0.532. The predicted molar refractivity (Wildman–Crippen MR) is 79.5 cm³/mol. The molecule has 1 heteroatoms. The van der Waals surface area contributed by atoms with Crippen molar-refractivity contribution in [1.29, 1.82) is 0 Å². The van der Waals surface area contributed by atoms with Gasteiger partial charge in [-0.1, -0.05) is 53.7 Å². The van der Waals surface area contributed by atoms with Gasteiger partial charge >= 0.3 is 0 Å². The van der Waals surface area contributed by atoms with Crippen molar-refractivity contribution in [3.05, 3.63) is 42.5 Å². The Labute approximate surface area is 107 Å². The second kappa shape index (κ2) is 5.39. The third-order valence-electron chi connectivity index (χ3n) is 2.65. The highest BCUT2D eigenvalue weighted by atomic mass is 14.6. The molecule has 1 aromatic carbocycles. The number of hydrogen-bond donors (Lipinski definition) is 1. The molecule has 0 spiro atoms. The maximum absolute atomic E-state index is 6.10. The highest BCUT2D eigenvalue weighted by Gasteiger charge is 2.26. The van der Waals surface area contributed by atoms with Gasteiger partial charge in [0, 0.05) is 5.69 Å². The van der Waals surface area contributed by atoms with E-state index < -0.39 is 0 Å². The first-order chi connectivity index (χ1) is 7.64. The highest BCUT2D eigenvalue weighted by Crippen LogP contribution is 2.37. The van der Waals surface area contributed by atoms with Crippen LogP contribution in [0.5, 0.6) is 0 Å². The molecule has 0 heterocycles. The molecule has 0 aliphatic rings. The van der Waals surface area contributed by atoms with Crippen LogP contribution in [-0.2, 0) is 10.8 Å². The summed E-state index contributed by atoms with van der Waals surface area (Å²) >= 11 is 0. The van der Waals surface area contributed by atoms with Crippen LogP contribution in [-0.4, -0.2) is 0 Å². The normalized spacial score (nSPS) is 11.6. The molecule has 17 heavy (non-hydrogen) atoms. The second-order valence-electron chi connectivity index (χ2n) is 6.27. The van der Waals surface area contributed by atoms with Crippen molar-refractivity contribution in [1.82, 2.24) is 0 Å². The van der Waals surface area contributed by atoms with Crippen molar-refractivity contribution in [2.75, 3.05) is 5.73 Å². The van der Waals surface area contributed by atoms with Crippen LogP contribution in [0.4, 0.5) is 5.69 Å². The summed E-state index contributed by atoms with van der Waals surface area (Å²) in [6, 6.07) is 6.23. The quantitative estimate of drug-likeness (QED) is 0.511. The van der Waals surface area contributed by atoms with Gasteiger partial charge in [-0.05, 0) is 28.0 Å². The van der Waals surface area contributed by atoms with Crippen LogP contribution in [0.3, 0.4) is 0 Å². The third kappa shape index (κ3) is 3.92. The molecule has 0 saturated heterocycles. The molecule has 0 aliphatic heterocycles. The fourth-order valence-corrected chi connectivity index (χ4v) is 2.03. The fourth-order valence-electron chi connectivity index (χ4n) is 2.03. The van der Waals surface area contributed by atoms with Crippen LogP contribution in [0.1, 0.15) is 52.7 Å². The minimum atomic E-state index is 0.105. The molecule has 0 radical (unpaired) electrons. The highest BCUT2D eigenvalue weighted by molar-refractivity contribution is 5.56. The van der Waals surface area contributed by atoms with Gasteiger partial charge in [0.05, 0.1) is 0 Å². The molecular formula is C16H27N. The van der Waals surface area contributed by atoms with Crippen molar-refractivity contribution in [3.8, 4) is 0 Å². The zero-order valence-corrected chi connectivity index (χ0v) is 12.2. The smallest absolute Gasteiger partial charge is 0.0354 e. The maximum atomic E-state index is 6.10. The van der Waals surface area contributed by atoms with Gasteiger partial charge in [-0.2, -0.15) is 0 Å². The summed E-state index contributed by atoms with van der Waals surface area (Å²) in [6.45, 7) is 19.3. The van der Waals surface area contributed by atoms with E-state index in [-0.39, 0.29) is 10.8 Å². The summed E-state index contributed by atoms with van der Waals surface area (Å²) in [5.41, 5.74) is 9.92. The average molecular weight is 233 g/mol. The van der Waals surface area contributed by atoms with Crippen LogP contribution in [0.15, 0.2) is 31.4 Å². The summed E-state index contributed by atoms with van der Waals surface area (Å²) in [5.74, 6) is 0. The molecule has 1 rings (SSSR count). The topological polar surface area (TPSA) is 26.0 Å². The van der Waals surface area contributed by atoms with Crippen LogP contribution >= 0.6 is 0 Å². The van der Waals surface area contributed by atoms with Gasteiger partial charge in [0.2, 0.25) is 0 Å². The van der Waals surface area contributed by atoms with E-state index in [0.29, 0.717) is 0 Å². The zero-order chi connectivity index (χ0) is 13.9. The fraction of sp³-hybridized carbons (Fsp3) is 0.500. The molecule has 0 unspecified atom stereocenters. The van der Waals surface area contributed by atoms with Gasteiger partial charge < -0.3 is 5.73 Å². The standard InChI is InChI=1S/C14H23N.C2H4/c1-13(2,3)10-8-7-9-11(15)12(10)14(4,5)6;1-2/h7-9H,15H2,1-6H3;1-2H2. The van der Waals surface area contributed by atoms with Crippen molar-refractivity contribution >= 4 is 5.69 Å². The molecule has 1 nitrogen and oxygen atoms in total. The van der Waals surface area contributed by atoms with Crippen LogP contribution in [0.25, 0.3) is 0 Å². The van der Waals surface area contributed by atoms with Gasteiger partial charge in [-0.3, -0.25) is 0 Å². The number of anilines is 1. The van der Waals surface area contributed by atoms with Gasteiger partial charge in [0.25, 0.3) is 0 Å². The van der Waals surface area contributed by atoms with Crippen LogP contribution in [0, 0.1) is 0 Å². The Hall–Kier alpha value is -1.24. The van der Waals surface area contributed by atoms with E-state index in [0.717, 1.165) is 5.69 Å². The molecule has 0 fully saturated rings. The van der Waals surface area contributed by atoms with Gasteiger partial charge in [-0.25, -0.2) is 0 Å². The molecule has 0 amide bonds. The van der Waals surface area contributed by atoms with E-state index in [1.54, 1.807) is 0 Å². The van der Waals surface area contributed by atoms with E-state index in [1.807, 2.05) is 12.1 Å². The van der Waals surface area contributed by atoms with Crippen LogP contribution < -0.4 is 5.73 Å². The number of benzene rings is 1. The van der Waals surface area contributed by atoms with Gasteiger partial charge in [0.15, 0.2) is 0 Å². The van der Waals surface area contributed by atoms with E-state index in [9.17, 15) is 0 Å². The van der Waals surface area contributed by atoms with Gasteiger partial charge in [0.1, 0.15) is 0 Å². The summed E-state index contributed by atoms with van der Waals surface area (Å²) in [7, 11) is 0. The lowest BCUT2D eigenvalue weighted by Crippen LogP contribution is -2.23. The van der Waals surface area contributed by atoms with Crippen molar-refractivity contribution in [2.24, 2.45) is 0 Å². The van der Waals surface area contributed by atoms with Gasteiger partial charge in [-0.15, -0.1) is 13.2 Å². The Balaban J connectivity index is 0.00000121. The summed E-state index contributed by atoms with van der Waals surface area (Å²) < 4.78 is 0. The summed E-state index contributed by atoms with van der Waals surface area (Å²) in [6.07, 6.45) is 0. The first kappa shape index (κ1) is 15.8. The lowest BCUT2D eigenvalue weighted by atomic mass is 9.74. The summed E-state index contributed by atoms with van der Waals surface area (Å²) in [5, 5.41) is 0. The van der Waals surface area contributed by atoms with Crippen molar-refractivity contribution in [3.63, 3.8) is 0 Å². The molecule has 2 N–H and O–H groups in total. The van der Waals surface area contributed by atoms with E-state index >= 15 is 0 Å². The molecule has 0 aliphatic carbocycles. The molecule has 0 saturated carbocycles. The Kier molecular flexibility index (Phi) is 5.00. The third-order valence-corrected chi connectivity index (χ3v) is 2.65. The van der Waals surface area contributed by atoms with E-state index in [1.165, 1.54) is 11.1 Å². The van der Waals surface area contributed by atoms with Crippen LogP contribution in [0.2, 0.25) is 0 Å². The predicted octanol–water partition coefficient (Wildman–Crippen LogP) is 4.67. The maximum Gasteiger partial charge on any atom is 0.0354 e. The molecule has 1 aromatic rings. The van der Waals surface area contributed by atoms with Crippen molar-refractivity contribution < 1.29 is 0 Å². The minimum absolute atomic E-state index is 0.105. The molecule has 96 valence electrons. The number of nitrogen functional groups attached to an aromatic ring is 1. The molecule has 0 bridgehead atoms. The number of nitrogens with two attached hydrogens (primary N) is 1. The average Bonchev–Trinajstić information content (AvgIpc) is 2.17. The zero-order valence-electron chi connectivity index (χ0n) is 12.2. The number of rotatable bonds is 0. The molecule has 0 aromatic heterocycles. The Morgan fingerprint density at radius 2 is 1.35 bits per heavy atom. The largest absolute Gasteiger partial charge is 0.398 e. The Morgan fingerprint density at radius 3 is 1.65 bits per heavy atom. The van der Waals surface area contributed by atoms with Crippen molar-refractivity contribution in [2.45, 2.75) is 52.4 Å². The summed E-state index contributed by atoms with van der Waals surface area (Å²) in [4.78, 5) is 0. The monoisotopic (exact) mass is 233 g/mol. The number of hydrogen-bond acceptors (Lipinski definition) is 1. The van der Waals surface area contributed by atoms with E-state index in [2.05, 4.69) is 60.8 Å². The minimum Gasteiger partial charge on any atom is -0.398 e. The first-order valence-corrected chi connectivity index (χ1v) is 6.03. The second-order valence-corrected chi connectivity index (χ2v) is 6.27.